The van der Waals surface area contributed by atoms with Gasteiger partial charge in [-0.1, -0.05) is 45.0 Å². The Hall–Kier alpha value is -1.35. The molecule has 0 unspecified atom stereocenters. The normalized spacial score (nSPS) is 19.4. The van der Waals surface area contributed by atoms with Crippen LogP contribution < -0.4 is 5.32 Å². The van der Waals surface area contributed by atoms with Crippen LogP contribution in [0.3, 0.4) is 0 Å². The molecule has 0 bridgehead atoms. The molecule has 1 aromatic rings. The minimum absolute atomic E-state index is 0.191. The van der Waals surface area contributed by atoms with Crippen LogP contribution in [-0.4, -0.2) is 36.5 Å². The van der Waals surface area contributed by atoms with Crippen LogP contribution in [0.4, 0.5) is 0 Å². The molecule has 1 amide bonds. The van der Waals surface area contributed by atoms with E-state index < -0.39 is 0 Å². The Kier molecular flexibility index (Phi) is 6.44. The van der Waals surface area contributed by atoms with Gasteiger partial charge in [-0.3, -0.25) is 4.79 Å². The van der Waals surface area contributed by atoms with Crippen molar-refractivity contribution in [2.24, 2.45) is 0 Å². The largest absolute Gasteiger partial charge is 0.352 e. The average molecular weight is 302 g/mol. The number of rotatable bonds is 6. The molecule has 1 fully saturated rings. The summed E-state index contributed by atoms with van der Waals surface area (Å²) < 4.78 is 0. The second-order valence-corrected chi connectivity index (χ2v) is 6.70. The lowest BCUT2D eigenvalue weighted by Gasteiger charge is -2.32. The number of benzene rings is 1. The summed E-state index contributed by atoms with van der Waals surface area (Å²) in [5, 5.41) is 3.20. The van der Waals surface area contributed by atoms with E-state index in [0.29, 0.717) is 18.4 Å². The monoisotopic (exact) mass is 302 g/mol. The number of aryl methyl sites for hydroxylation is 1. The number of likely N-dealkylation sites (tertiary alicyclic amines) is 1. The predicted molar refractivity (Wildman–Crippen MR) is 92.1 cm³/mol. The Labute approximate surface area is 135 Å². The van der Waals surface area contributed by atoms with Crippen LogP contribution in [-0.2, 0) is 11.2 Å². The summed E-state index contributed by atoms with van der Waals surface area (Å²) in [5.41, 5.74) is 2.61. The van der Waals surface area contributed by atoms with E-state index in [2.05, 4.69) is 55.3 Å². The van der Waals surface area contributed by atoms with E-state index >= 15 is 0 Å². The molecule has 1 N–H and O–H groups in total. The van der Waals surface area contributed by atoms with Crippen LogP contribution in [0.25, 0.3) is 0 Å². The van der Waals surface area contributed by atoms with Crippen molar-refractivity contribution in [1.29, 1.82) is 0 Å². The van der Waals surface area contributed by atoms with Crippen LogP contribution in [0.15, 0.2) is 24.3 Å². The van der Waals surface area contributed by atoms with Gasteiger partial charge >= 0.3 is 0 Å². The molecule has 1 aromatic carbocycles. The smallest absolute Gasteiger partial charge is 0.220 e. The third-order valence-electron chi connectivity index (χ3n) is 4.60. The Balaban J connectivity index is 1.75. The number of hydrogen-bond donors (Lipinski definition) is 1. The third kappa shape index (κ3) is 5.13. The highest BCUT2D eigenvalue weighted by Crippen LogP contribution is 2.15. The number of carbonyl (C=O) groups is 1. The van der Waals surface area contributed by atoms with Gasteiger partial charge in [0.15, 0.2) is 0 Å². The lowest BCUT2D eigenvalue weighted by Crippen LogP contribution is -2.47. The molecular formula is C19H30N2O. The lowest BCUT2D eigenvalue weighted by molar-refractivity contribution is -0.122. The van der Waals surface area contributed by atoms with Crippen molar-refractivity contribution in [3.8, 4) is 0 Å². The number of carbonyl (C=O) groups excluding carboxylic acids is 1. The summed E-state index contributed by atoms with van der Waals surface area (Å²) >= 11 is 0. The molecule has 3 nitrogen and oxygen atoms in total. The van der Waals surface area contributed by atoms with Crippen LogP contribution >= 0.6 is 0 Å². The molecule has 2 rings (SSSR count). The second-order valence-electron chi connectivity index (χ2n) is 6.70. The molecule has 0 aromatic heterocycles. The summed E-state index contributed by atoms with van der Waals surface area (Å²) in [5.74, 6) is 0.751. The van der Waals surface area contributed by atoms with Gasteiger partial charge < -0.3 is 10.2 Å². The predicted octanol–water partition coefficient (Wildman–Crippen LogP) is 3.34. The first-order valence-corrected chi connectivity index (χ1v) is 8.69. The van der Waals surface area contributed by atoms with Gasteiger partial charge in [0.1, 0.15) is 0 Å². The van der Waals surface area contributed by atoms with E-state index in [1.807, 2.05) is 0 Å². The van der Waals surface area contributed by atoms with Crippen molar-refractivity contribution < 1.29 is 4.79 Å². The van der Waals surface area contributed by atoms with Gasteiger partial charge in [0.2, 0.25) is 5.91 Å². The van der Waals surface area contributed by atoms with Crippen molar-refractivity contribution in [3.05, 3.63) is 35.4 Å². The summed E-state index contributed by atoms with van der Waals surface area (Å²) in [4.78, 5) is 14.5. The first kappa shape index (κ1) is 17.0. The van der Waals surface area contributed by atoms with Gasteiger partial charge in [-0.2, -0.15) is 0 Å². The fourth-order valence-electron chi connectivity index (χ4n) is 3.09. The number of nitrogens with zero attached hydrogens (tertiary/aromatic N) is 1. The van der Waals surface area contributed by atoms with E-state index in [1.54, 1.807) is 0 Å². The van der Waals surface area contributed by atoms with Gasteiger partial charge in [-0.05, 0) is 49.4 Å². The zero-order valence-electron chi connectivity index (χ0n) is 14.3. The second kappa shape index (κ2) is 8.33. The number of likely N-dealkylation sites (N-methyl/N-ethyl adjacent to an activating group) is 1. The van der Waals surface area contributed by atoms with Crippen molar-refractivity contribution in [2.45, 2.75) is 58.4 Å². The molecule has 1 aliphatic heterocycles. The van der Waals surface area contributed by atoms with E-state index in [9.17, 15) is 4.79 Å². The highest BCUT2D eigenvalue weighted by Gasteiger charge is 2.19. The zero-order valence-corrected chi connectivity index (χ0v) is 14.3. The molecule has 0 spiro atoms. The summed E-state index contributed by atoms with van der Waals surface area (Å²) in [6.45, 7) is 9.84. The first-order chi connectivity index (χ1) is 10.6. The van der Waals surface area contributed by atoms with Crippen LogP contribution in [0.1, 0.15) is 57.1 Å². The van der Waals surface area contributed by atoms with Crippen molar-refractivity contribution in [3.63, 3.8) is 0 Å². The minimum atomic E-state index is 0.191. The van der Waals surface area contributed by atoms with Gasteiger partial charge in [-0.25, -0.2) is 0 Å². The highest BCUT2D eigenvalue weighted by molar-refractivity contribution is 5.76. The zero-order chi connectivity index (χ0) is 15.9. The number of hydrogen-bond acceptors (Lipinski definition) is 2. The standard InChI is InChI=1S/C19H30N2O/c1-4-21-13-5-6-18(14-21)20-19(22)12-9-16-7-10-17(11-8-16)15(2)3/h7-8,10-11,15,18H,4-6,9,12-14H2,1-3H3,(H,20,22)/t18-/m1/s1. The third-order valence-corrected chi connectivity index (χ3v) is 4.60. The molecule has 3 heteroatoms. The maximum absolute atomic E-state index is 12.1. The number of nitrogens with one attached hydrogen (secondary N) is 1. The Morgan fingerprint density at radius 1 is 1.32 bits per heavy atom. The van der Waals surface area contributed by atoms with E-state index in [4.69, 9.17) is 0 Å². The van der Waals surface area contributed by atoms with Gasteiger partial charge in [0, 0.05) is 19.0 Å². The topological polar surface area (TPSA) is 32.3 Å². The maximum atomic E-state index is 12.1. The van der Waals surface area contributed by atoms with Crippen molar-refractivity contribution in [1.82, 2.24) is 10.2 Å². The molecule has 122 valence electrons. The molecule has 0 aliphatic carbocycles. The van der Waals surface area contributed by atoms with E-state index in [0.717, 1.165) is 25.9 Å². The Morgan fingerprint density at radius 3 is 2.68 bits per heavy atom. The molecule has 1 heterocycles. The highest BCUT2D eigenvalue weighted by atomic mass is 16.1. The quantitative estimate of drug-likeness (QED) is 0.874. The fraction of sp³-hybridized carbons (Fsp3) is 0.632. The summed E-state index contributed by atoms with van der Waals surface area (Å²) in [6, 6.07) is 9.00. The molecular weight excluding hydrogens is 272 g/mol. The summed E-state index contributed by atoms with van der Waals surface area (Å²) in [7, 11) is 0. The molecule has 0 radical (unpaired) electrons. The molecule has 1 atom stereocenters. The van der Waals surface area contributed by atoms with Crippen LogP contribution in [0, 0.1) is 0 Å². The van der Waals surface area contributed by atoms with Gasteiger partial charge in [0.25, 0.3) is 0 Å². The van der Waals surface area contributed by atoms with Gasteiger partial charge in [-0.15, -0.1) is 0 Å². The molecule has 0 saturated carbocycles. The Morgan fingerprint density at radius 2 is 2.05 bits per heavy atom. The van der Waals surface area contributed by atoms with Gasteiger partial charge in [0.05, 0.1) is 0 Å². The van der Waals surface area contributed by atoms with E-state index in [-0.39, 0.29) is 5.91 Å². The minimum Gasteiger partial charge on any atom is -0.352 e. The lowest BCUT2D eigenvalue weighted by atomic mass is 10.00. The first-order valence-electron chi connectivity index (χ1n) is 8.69. The van der Waals surface area contributed by atoms with Crippen molar-refractivity contribution >= 4 is 5.91 Å². The number of piperidine rings is 1. The fourth-order valence-corrected chi connectivity index (χ4v) is 3.09. The number of amides is 1. The Bertz CT molecular complexity index is 467. The SMILES string of the molecule is CCN1CCC[C@@H](NC(=O)CCc2ccc(C(C)C)cc2)C1. The summed E-state index contributed by atoms with van der Waals surface area (Å²) in [6.07, 6.45) is 3.72. The van der Waals surface area contributed by atoms with E-state index in [1.165, 1.54) is 24.1 Å². The van der Waals surface area contributed by atoms with Crippen molar-refractivity contribution in [2.75, 3.05) is 19.6 Å². The molecule has 22 heavy (non-hydrogen) atoms. The van der Waals surface area contributed by atoms with Crippen LogP contribution in [0.5, 0.6) is 0 Å². The van der Waals surface area contributed by atoms with Crippen LogP contribution in [0.2, 0.25) is 0 Å². The molecule has 1 saturated heterocycles. The molecule has 1 aliphatic rings. The maximum Gasteiger partial charge on any atom is 0.220 e. The average Bonchev–Trinajstić information content (AvgIpc) is 2.53.